The molecule has 0 aromatic heterocycles. The van der Waals surface area contributed by atoms with E-state index in [0.29, 0.717) is 11.1 Å². The third kappa shape index (κ3) is 4.82. The summed E-state index contributed by atoms with van der Waals surface area (Å²) in [4.78, 5) is 21.3. The molecule has 3 N–H and O–H groups in total. The molecule has 0 aliphatic rings. The molecule has 22 heavy (non-hydrogen) atoms. The molecule has 2 aromatic rings. The average molecular weight is 304 g/mol. The topological polar surface area (TPSA) is 104 Å². The van der Waals surface area contributed by atoms with E-state index < -0.39 is 11.9 Å². The van der Waals surface area contributed by atoms with Crippen LogP contribution in [0.1, 0.15) is 26.3 Å². The van der Waals surface area contributed by atoms with E-state index in [4.69, 9.17) is 15.3 Å². The van der Waals surface area contributed by atoms with Crippen LogP contribution in [0.3, 0.4) is 0 Å². The van der Waals surface area contributed by atoms with E-state index in [1.165, 1.54) is 49.6 Å². The molecule has 0 atom stereocenters. The zero-order valence-electron chi connectivity index (χ0n) is 12.1. The summed E-state index contributed by atoms with van der Waals surface area (Å²) in [6, 6.07) is 10.0. The Kier molecular flexibility index (Phi) is 5.95. The van der Waals surface area contributed by atoms with Gasteiger partial charge in [0, 0.05) is 0 Å². The van der Waals surface area contributed by atoms with E-state index in [1.807, 2.05) is 0 Å². The van der Waals surface area contributed by atoms with Gasteiger partial charge in [0.1, 0.15) is 11.5 Å². The zero-order chi connectivity index (χ0) is 16.7. The fourth-order valence-corrected chi connectivity index (χ4v) is 1.60. The standard InChI is InChI=1S/2C8H8O3/c1-11-8(10)6-2-4-7(9)5-3-6;1-5-4-6(9)2-3-7(5)8(10)11/h2-5,9H,1H3;2-4,9H,1H3,(H,10,11). The molecule has 116 valence electrons. The molecule has 2 aromatic carbocycles. The first-order valence-corrected chi connectivity index (χ1v) is 6.25. The van der Waals surface area contributed by atoms with Crippen molar-refractivity contribution >= 4 is 11.9 Å². The van der Waals surface area contributed by atoms with Crippen molar-refractivity contribution in [1.82, 2.24) is 0 Å². The molecule has 0 unspecified atom stereocenters. The van der Waals surface area contributed by atoms with Crippen LogP contribution in [0.25, 0.3) is 0 Å². The van der Waals surface area contributed by atoms with Gasteiger partial charge in [0.05, 0.1) is 18.2 Å². The highest BCUT2D eigenvalue weighted by molar-refractivity contribution is 5.89. The van der Waals surface area contributed by atoms with Gasteiger partial charge in [-0.2, -0.15) is 0 Å². The number of hydrogen-bond donors (Lipinski definition) is 3. The number of methoxy groups -OCH3 is 1. The summed E-state index contributed by atoms with van der Waals surface area (Å²) in [5, 5.41) is 26.4. The maximum absolute atomic E-state index is 10.8. The van der Waals surface area contributed by atoms with Crippen LogP contribution < -0.4 is 0 Å². The fraction of sp³-hybridized carbons (Fsp3) is 0.125. The van der Waals surface area contributed by atoms with Crippen molar-refractivity contribution in [2.24, 2.45) is 0 Å². The largest absolute Gasteiger partial charge is 0.508 e. The predicted octanol–water partition coefficient (Wildman–Crippen LogP) is 2.58. The van der Waals surface area contributed by atoms with Crippen molar-refractivity contribution in [3.8, 4) is 11.5 Å². The lowest BCUT2D eigenvalue weighted by atomic mass is 10.1. The molecular formula is C16H16O6. The lowest BCUT2D eigenvalue weighted by Crippen LogP contribution is -1.99. The quantitative estimate of drug-likeness (QED) is 0.737. The summed E-state index contributed by atoms with van der Waals surface area (Å²) >= 11 is 0. The van der Waals surface area contributed by atoms with E-state index in [9.17, 15) is 9.59 Å². The molecular weight excluding hydrogens is 288 g/mol. The number of aromatic carboxylic acids is 1. The molecule has 0 heterocycles. The Hall–Kier alpha value is -3.02. The van der Waals surface area contributed by atoms with Crippen LogP contribution in [0, 0.1) is 6.92 Å². The van der Waals surface area contributed by atoms with Gasteiger partial charge < -0.3 is 20.1 Å². The number of hydrogen-bond acceptors (Lipinski definition) is 5. The minimum atomic E-state index is -0.970. The van der Waals surface area contributed by atoms with Crippen molar-refractivity contribution in [2.45, 2.75) is 6.92 Å². The Morgan fingerprint density at radius 3 is 1.95 bits per heavy atom. The van der Waals surface area contributed by atoms with Gasteiger partial charge in [-0.1, -0.05) is 0 Å². The van der Waals surface area contributed by atoms with E-state index in [1.54, 1.807) is 6.92 Å². The molecule has 0 spiro atoms. The first-order valence-electron chi connectivity index (χ1n) is 6.25. The van der Waals surface area contributed by atoms with Crippen molar-refractivity contribution in [1.29, 1.82) is 0 Å². The van der Waals surface area contributed by atoms with Crippen LogP contribution in [0.2, 0.25) is 0 Å². The van der Waals surface area contributed by atoms with Crippen LogP contribution in [0.15, 0.2) is 42.5 Å². The maximum atomic E-state index is 10.8. The van der Waals surface area contributed by atoms with E-state index in [-0.39, 0.29) is 17.1 Å². The number of esters is 1. The van der Waals surface area contributed by atoms with Crippen LogP contribution in [0.4, 0.5) is 0 Å². The monoisotopic (exact) mass is 304 g/mol. The zero-order valence-corrected chi connectivity index (χ0v) is 12.1. The summed E-state index contributed by atoms with van der Waals surface area (Å²) in [7, 11) is 1.31. The Morgan fingerprint density at radius 1 is 0.955 bits per heavy atom. The third-order valence-corrected chi connectivity index (χ3v) is 2.73. The van der Waals surface area contributed by atoms with E-state index in [0.717, 1.165) is 0 Å². The molecule has 2 rings (SSSR count). The first-order chi connectivity index (χ1) is 10.3. The second-order valence-electron chi connectivity index (χ2n) is 4.34. The van der Waals surface area contributed by atoms with Crippen LogP contribution in [0.5, 0.6) is 11.5 Å². The van der Waals surface area contributed by atoms with Crippen molar-refractivity contribution in [3.63, 3.8) is 0 Å². The van der Waals surface area contributed by atoms with E-state index >= 15 is 0 Å². The number of carboxylic acid groups (broad SMARTS) is 1. The first kappa shape index (κ1) is 17.0. The van der Waals surface area contributed by atoms with Gasteiger partial charge in [-0.3, -0.25) is 0 Å². The number of carboxylic acids is 1. The maximum Gasteiger partial charge on any atom is 0.337 e. The lowest BCUT2D eigenvalue weighted by Gasteiger charge is -1.99. The molecule has 0 saturated carbocycles. The summed E-state index contributed by atoms with van der Waals surface area (Å²) in [6.45, 7) is 1.64. The Bertz CT molecular complexity index is 661. The predicted molar refractivity (Wildman–Crippen MR) is 79.2 cm³/mol. The molecule has 0 bridgehead atoms. The van der Waals surface area contributed by atoms with Gasteiger partial charge in [-0.25, -0.2) is 9.59 Å². The Morgan fingerprint density at radius 2 is 1.50 bits per heavy atom. The highest BCUT2D eigenvalue weighted by atomic mass is 16.5. The average Bonchev–Trinajstić information content (AvgIpc) is 2.47. The normalized spacial score (nSPS) is 9.36. The number of benzene rings is 2. The van der Waals surface area contributed by atoms with Crippen molar-refractivity contribution in [3.05, 3.63) is 59.2 Å². The van der Waals surface area contributed by atoms with Crippen LogP contribution in [-0.4, -0.2) is 34.4 Å². The molecule has 6 heteroatoms. The van der Waals surface area contributed by atoms with Gasteiger partial charge >= 0.3 is 11.9 Å². The molecule has 0 amide bonds. The third-order valence-electron chi connectivity index (χ3n) is 2.73. The number of ether oxygens (including phenoxy) is 1. The highest BCUT2D eigenvalue weighted by Crippen LogP contribution is 2.15. The molecule has 0 saturated heterocycles. The number of phenolic OH excluding ortho intramolecular Hbond substituents is 2. The summed E-state index contributed by atoms with van der Waals surface area (Å²) < 4.78 is 4.46. The molecule has 6 nitrogen and oxygen atoms in total. The van der Waals surface area contributed by atoms with Crippen molar-refractivity contribution < 1.29 is 29.6 Å². The molecule has 0 aliphatic carbocycles. The van der Waals surface area contributed by atoms with Crippen LogP contribution >= 0.6 is 0 Å². The van der Waals surface area contributed by atoms with Gasteiger partial charge in [0.2, 0.25) is 0 Å². The van der Waals surface area contributed by atoms with Gasteiger partial charge in [0.25, 0.3) is 0 Å². The summed E-state index contributed by atoms with van der Waals surface area (Å²) in [5.74, 6) is -1.14. The highest BCUT2D eigenvalue weighted by Gasteiger charge is 2.05. The molecule has 0 fully saturated rings. The smallest absolute Gasteiger partial charge is 0.337 e. The second kappa shape index (κ2) is 7.68. The number of aromatic hydroxyl groups is 2. The van der Waals surface area contributed by atoms with Gasteiger partial charge in [-0.15, -0.1) is 0 Å². The number of aryl methyl sites for hydroxylation is 1. The number of rotatable bonds is 2. The summed E-state index contributed by atoms with van der Waals surface area (Å²) in [5.41, 5.74) is 1.23. The van der Waals surface area contributed by atoms with E-state index in [2.05, 4.69) is 4.74 Å². The Balaban J connectivity index is 0.000000220. The SMILES string of the molecule is COC(=O)c1ccc(O)cc1.Cc1cc(O)ccc1C(=O)O. The fourth-order valence-electron chi connectivity index (χ4n) is 1.60. The second-order valence-corrected chi connectivity index (χ2v) is 4.34. The number of carbonyl (C=O) groups excluding carboxylic acids is 1. The molecule has 0 radical (unpaired) electrons. The number of phenols is 2. The Labute approximate surface area is 127 Å². The van der Waals surface area contributed by atoms with Crippen molar-refractivity contribution in [2.75, 3.05) is 7.11 Å². The van der Waals surface area contributed by atoms with Gasteiger partial charge in [-0.05, 0) is 55.0 Å². The van der Waals surface area contributed by atoms with Gasteiger partial charge in [0.15, 0.2) is 0 Å². The minimum Gasteiger partial charge on any atom is -0.508 e. The number of carbonyl (C=O) groups is 2. The molecule has 0 aliphatic heterocycles. The lowest BCUT2D eigenvalue weighted by molar-refractivity contribution is 0.0599. The minimum absolute atomic E-state index is 0.0903. The summed E-state index contributed by atoms with van der Waals surface area (Å²) in [6.07, 6.45) is 0. The van der Waals surface area contributed by atoms with Crippen LogP contribution in [-0.2, 0) is 4.74 Å².